The molecule has 0 spiro atoms. The zero-order valence-corrected chi connectivity index (χ0v) is 11.2. The van der Waals surface area contributed by atoms with E-state index in [1.54, 1.807) is 0 Å². The predicted molar refractivity (Wildman–Crippen MR) is 74.2 cm³/mol. The summed E-state index contributed by atoms with van der Waals surface area (Å²) in [5.41, 5.74) is 5.78. The molecule has 1 aromatic carbocycles. The van der Waals surface area contributed by atoms with Crippen LogP contribution >= 0.6 is 0 Å². The monoisotopic (exact) mass is 248 g/mol. The Morgan fingerprint density at radius 2 is 2.28 bits per heavy atom. The number of aryl methyl sites for hydroxylation is 2. The largest absolute Gasteiger partial charge is 0.381 e. The van der Waals surface area contributed by atoms with Crippen molar-refractivity contribution in [2.24, 2.45) is 11.8 Å². The first kappa shape index (κ1) is 13.5. The molecule has 0 aliphatic carbocycles. The van der Waals surface area contributed by atoms with Crippen molar-refractivity contribution in [3.05, 3.63) is 35.4 Å². The van der Waals surface area contributed by atoms with Gasteiger partial charge in [-0.1, -0.05) is 24.3 Å². The SMILES string of the molecule is Cc1ccccc1CCC(NN)C1CCCOC1. The second-order valence-corrected chi connectivity index (χ2v) is 5.22. The topological polar surface area (TPSA) is 47.3 Å². The van der Waals surface area contributed by atoms with Gasteiger partial charge in [0.15, 0.2) is 0 Å². The Labute approximate surface area is 110 Å². The van der Waals surface area contributed by atoms with Crippen molar-refractivity contribution in [1.82, 2.24) is 5.43 Å². The van der Waals surface area contributed by atoms with E-state index in [0.29, 0.717) is 12.0 Å². The molecule has 1 fully saturated rings. The Morgan fingerprint density at radius 3 is 2.94 bits per heavy atom. The van der Waals surface area contributed by atoms with Crippen LogP contribution in [0.5, 0.6) is 0 Å². The van der Waals surface area contributed by atoms with Crippen LogP contribution in [0.3, 0.4) is 0 Å². The van der Waals surface area contributed by atoms with Crippen LogP contribution in [0, 0.1) is 12.8 Å². The first-order valence-corrected chi connectivity index (χ1v) is 6.89. The number of ether oxygens (including phenoxy) is 1. The maximum Gasteiger partial charge on any atom is 0.0509 e. The van der Waals surface area contributed by atoms with Crippen molar-refractivity contribution < 1.29 is 4.74 Å². The molecule has 100 valence electrons. The highest BCUT2D eigenvalue weighted by Crippen LogP contribution is 2.21. The Balaban J connectivity index is 1.88. The minimum Gasteiger partial charge on any atom is -0.381 e. The van der Waals surface area contributed by atoms with Crippen molar-refractivity contribution in [2.45, 2.75) is 38.6 Å². The lowest BCUT2D eigenvalue weighted by Gasteiger charge is -2.29. The minimum atomic E-state index is 0.366. The van der Waals surface area contributed by atoms with E-state index in [4.69, 9.17) is 10.6 Å². The molecule has 2 rings (SSSR count). The Kier molecular flexibility index (Phi) is 5.17. The molecule has 3 heteroatoms. The highest BCUT2D eigenvalue weighted by Gasteiger charge is 2.23. The maximum absolute atomic E-state index is 5.70. The molecule has 0 amide bonds. The van der Waals surface area contributed by atoms with E-state index < -0.39 is 0 Å². The van der Waals surface area contributed by atoms with Gasteiger partial charge in [-0.05, 0) is 49.7 Å². The van der Waals surface area contributed by atoms with E-state index in [1.165, 1.54) is 17.5 Å². The standard InChI is InChI=1S/C15H24N2O/c1-12-5-2-3-6-13(12)8-9-15(17-16)14-7-4-10-18-11-14/h2-3,5-6,14-15,17H,4,7-11,16H2,1H3. The molecule has 0 aromatic heterocycles. The number of nitrogens with two attached hydrogens (primary N) is 1. The lowest BCUT2D eigenvalue weighted by atomic mass is 9.89. The van der Waals surface area contributed by atoms with E-state index in [9.17, 15) is 0 Å². The third-order valence-corrected chi connectivity index (χ3v) is 3.96. The second-order valence-electron chi connectivity index (χ2n) is 5.22. The Morgan fingerprint density at radius 1 is 1.44 bits per heavy atom. The van der Waals surface area contributed by atoms with Crippen LogP contribution in [-0.4, -0.2) is 19.3 Å². The summed E-state index contributed by atoms with van der Waals surface area (Å²) in [5, 5.41) is 0. The van der Waals surface area contributed by atoms with Crippen LogP contribution in [0.25, 0.3) is 0 Å². The van der Waals surface area contributed by atoms with Crippen LogP contribution in [0.2, 0.25) is 0 Å². The van der Waals surface area contributed by atoms with Crippen LogP contribution in [0.1, 0.15) is 30.4 Å². The van der Waals surface area contributed by atoms with E-state index in [0.717, 1.165) is 32.5 Å². The third kappa shape index (κ3) is 3.55. The Hall–Kier alpha value is -0.900. The summed E-state index contributed by atoms with van der Waals surface area (Å²) in [7, 11) is 0. The number of hydrazine groups is 1. The molecule has 2 unspecified atom stereocenters. The van der Waals surface area contributed by atoms with Crippen molar-refractivity contribution in [3.63, 3.8) is 0 Å². The van der Waals surface area contributed by atoms with Crippen molar-refractivity contribution in [3.8, 4) is 0 Å². The number of benzene rings is 1. The molecule has 0 radical (unpaired) electrons. The van der Waals surface area contributed by atoms with Gasteiger partial charge in [0, 0.05) is 12.6 Å². The molecule has 2 atom stereocenters. The smallest absolute Gasteiger partial charge is 0.0509 e. The van der Waals surface area contributed by atoms with Crippen LogP contribution in [0.4, 0.5) is 0 Å². The molecule has 0 bridgehead atoms. The molecule has 1 heterocycles. The Bertz CT molecular complexity index is 361. The van der Waals surface area contributed by atoms with E-state index in [2.05, 4.69) is 36.6 Å². The van der Waals surface area contributed by atoms with Gasteiger partial charge in [-0.3, -0.25) is 11.3 Å². The normalized spacial score (nSPS) is 21.8. The van der Waals surface area contributed by atoms with Gasteiger partial charge in [-0.15, -0.1) is 0 Å². The van der Waals surface area contributed by atoms with E-state index in [-0.39, 0.29) is 0 Å². The molecule has 3 nitrogen and oxygen atoms in total. The van der Waals surface area contributed by atoms with Gasteiger partial charge in [0.1, 0.15) is 0 Å². The van der Waals surface area contributed by atoms with Gasteiger partial charge >= 0.3 is 0 Å². The van der Waals surface area contributed by atoms with Crippen molar-refractivity contribution in [2.75, 3.05) is 13.2 Å². The first-order valence-electron chi connectivity index (χ1n) is 6.89. The zero-order chi connectivity index (χ0) is 12.8. The minimum absolute atomic E-state index is 0.366. The van der Waals surface area contributed by atoms with E-state index >= 15 is 0 Å². The summed E-state index contributed by atoms with van der Waals surface area (Å²) in [6, 6.07) is 8.94. The van der Waals surface area contributed by atoms with Gasteiger partial charge in [0.2, 0.25) is 0 Å². The molecule has 0 saturated carbocycles. The highest BCUT2D eigenvalue weighted by atomic mass is 16.5. The lowest BCUT2D eigenvalue weighted by molar-refractivity contribution is 0.0380. The summed E-state index contributed by atoms with van der Waals surface area (Å²) in [5.74, 6) is 6.26. The summed E-state index contributed by atoms with van der Waals surface area (Å²) in [6.45, 7) is 3.93. The number of nitrogens with one attached hydrogen (secondary N) is 1. The lowest BCUT2D eigenvalue weighted by Crippen LogP contribution is -2.44. The van der Waals surface area contributed by atoms with Crippen LogP contribution < -0.4 is 11.3 Å². The summed E-state index contributed by atoms with van der Waals surface area (Å²) in [6.07, 6.45) is 4.54. The van der Waals surface area contributed by atoms with Gasteiger partial charge in [-0.25, -0.2) is 0 Å². The summed E-state index contributed by atoms with van der Waals surface area (Å²) in [4.78, 5) is 0. The van der Waals surface area contributed by atoms with Crippen molar-refractivity contribution >= 4 is 0 Å². The molecular formula is C15H24N2O. The molecule has 18 heavy (non-hydrogen) atoms. The fourth-order valence-corrected chi connectivity index (χ4v) is 2.74. The summed E-state index contributed by atoms with van der Waals surface area (Å²) >= 11 is 0. The first-order chi connectivity index (χ1) is 8.81. The molecule has 1 saturated heterocycles. The highest BCUT2D eigenvalue weighted by molar-refractivity contribution is 5.25. The average Bonchev–Trinajstić information content (AvgIpc) is 2.42. The van der Waals surface area contributed by atoms with Gasteiger partial charge in [0.05, 0.1) is 6.61 Å². The summed E-state index contributed by atoms with van der Waals surface area (Å²) < 4.78 is 5.55. The predicted octanol–water partition coefficient (Wildman–Crippen LogP) is 2.19. The maximum atomic E-state index is 5.70. The molecular weight excluding hydrogens is 224 g/mol. The van der Waals surface area contributed by atoms with Crippen molar-refractivity contribution in [1.29, 1.82) is 0 Å². The number of rotatable bonds is 5. The van der Waals surface area contributed by atoms with E-state index in [1.807, 2.05) is 0 Å². The second kappa shape index (κ2) is 6.88. The fraction of sp³-hybridized carbons (Fsp3) is 0.600. The zero-order valence-electron chi connectivity index (χ0n) is 11.2. The average molecular weight is 248 g/mol. The fourth-order valence-electron chi connectivity index (χ4n) is 2.74. The van der Waals surface area contributed by atoms with Gasteiger partial charge in [-0.2, -0.15) is 0 Å². The molecule has 3 N–H and O–H groups in total. The van der Waals surface area contributed by atoms with Crippen LogP contribution in [-0.2, 0) is 11.2 Å². The number of hydrogen-bond acceptors (Lipinski definition) is 3. The quantitative estimate of drug-likeness (QED) is 0.620. The third-order valence-electron chi connectivity index (χ3n) is 3.96. The van der Waals surface area contributed by atoms with Crippen LogP contribution in [0.15, 0.2) is 24.3 Å². The molecule has 1 aliphatic heterocycles. The molecule has 1 aliphatic rings. The van der Waals surface area contributed by atoms with Gasteiger partial charge < -0.3 is 4.74 Å². The number of hydrogen-bond donors (Lipinski definition) is 2. The van der Waals surface area contributed by atoms with Gasteiger partial charge in [0.25, 0.3) is 0 Å². The molecule has 1 aromatic rings.